The highest BCUT2D eigenvalue weighted by molar-refractivity contribution is 6.42. The molecule has 0 amide bonds. The van der Waals surface area contributed by atoms with Crippen molar-refractivity contribution in [2.24, 2.45) is 0 Å². The molecule has 0 atom stereocenters. The van der Waals surface area contributed by atoms with Crippen molar-refractivity contribution in [3.63, 3.8) is 0 Å². The van der Waals surface area contributed by atoms with E-state index >= 15 is 0 Å². The van der Waals surface area contributed by atoms with Gasteiger partial charge < -0.3 is 0 Å². The molecule has 0 N–H and O–H groups in total. The van der Waals surface area contributed by atoms with Crippen LogP contribution in [-0.2, 0) is 0 Å². The van der Waals surface area contributed by atoms with E-state index in [0.29, 0.717) is 15.7 Å². The lowest BCUT2D eigenvalue weighted by atomic mass is 10.3. The molecule has 0 fully saturated rings. The number of rotatable bonds is 1. The summed E-state index contributed by atoms with van der Waals surface area (Å²) in [4.78, 5) is 1.32. The molecule has 0 unspecified atom stereocenters. The van der Waals surface area contributed by atoms with Crippen LogP contribution >= 0.6 is 23.2 Å². The summed E-state index contributed by atoms with van der Waals surface area (Å²) in [5.41, 5.74) is 0.909. The maximum Gasteiger partial charge on any atom is 0.183 e. The number of nitriles is 1. The van der Waals surface area contributed by atoms with E-state index < -0.39 is 0 Å². The van der Waals surface area contributed by atoms with Crippen molar-refractivity contribution in [1.82, 2.24) is 15.0 Å². The molecule has 1 aromatic heterocycles. The second-order valence-corrected chi connectivity index (χ2v) is 3.54. The van der Waals surface area contributed by atoms with Gasteiger partial charge in [0.1, 0.15) is 6.07 Å². The zero-order valence-electron chi connectivity index (χ0n) is 7.35. The van der Waals surface area contributed by atoms with Gasteiger partial charge in [0.25, 0.3) is 0 Å². The Bertz CT molecular complexity index is 541. The summed E-state index contributed by atoms with van der Waals surface area (Å²) in [6.45, 7) is 0. The Morgan fingerprint density at radius 3 is 2.67 bits per heavy atom. The third-order valence-corrected chi connectivity index (χ3v) is 2.48. The van der Waals surface area contributed by atoms with Gasteiger partial charge in [0.2, 0.25) is 0 Å². The van der Waals surface area contributed by atoms with E-state index in [9.17, 15) is 0 Å². The minimum absolute atomic E-state index is 0.251. The molecule has 2 rings (SSSR count). The van der Waals surface area contributed by atoms with Crippen LogP contribution in [0.25, 0.3) is 5.69 Å². The van der Waals surface area contributed by atoms with Crippen LogP contribution in [0.2, 0.25) is 10.0 Å². The molecule has 74 valence electrons. The van der Waals surface area contributed by atoms with Gasteiger partial charge in [0.05, 0.1) is 21.9 Å². The zero-order valence-corrected chi connectivity index (χ0v) is 8.87. The molecule has 0 saturated carbocycles. The summed E-state index contributed by atoms with van der Waals surface area (Å²) in [5.74, 6) is 0. The van der Waals surface area contributed by atoms with E-state index in [1.807, 2.05) is 6.07 Å². The van der Waals surface area contributed by atoms with Crippen molar-refractivity contribution < 1.29 is 0 Å². The fraction of sp³-hybridized carbons (Fsp3) is 0. The van der Waals surface area contributed by atoms with Crippen LogP contribution < -0.4 is 0 Å². The lowest BCUT2D eigenvalue weighted by molar-refractivity contribution is 0.749. The van der Waals surface area contributed by atoms with E-state index in [1.165, 1.54) is 11.0 Å². The van der Waals surface area contributed by atoms with E-state index in [4.69, 9.17) is 28.5 Å². The molecule has 15 heavy (non-hydrogen) atoms. The first-order valence-corrected chi connectivity index (χ1v) is 4.74. The summed E-state index contributed by atoms with van der Waals surface area (Å²) in [5, 5.41) is 17.3. The van der Waals surface area contributed by atoms with Crippen LogP contribution in [0.4, 0.5) is 0 Å². The Hall–Kier alpha value is -1.57. The fourth-order valence-electron chi connectivity index (χ4n) is 1.05. The second kappa shape index (κ2) is 3.89. The topological polar surface area (TPSA) is 54.5 Å². The summed E-state index contributed by atoms with van der Waals surface area (Å²) in [7, 11) is 0. The lowest BCUT2D eigenvalue weighted by Gasteiger charge is -2.00. The van der Waals surface area contributed by atoms with Gasteiger partial charge in [-0.3, -0.25) is 0 Å². The van der Waals surface area contributed by atoms with Crippen LogP contribution in [0.1, 0.15) is 5.69 Å². The van der Waals surface area contributed by atoms with Gasteiger partial charge in [-0.05, 0) is 18.2 Å². The molecule has 0 aliphatic carbocycles. The van der Waals surface area contributed by atoms with Gasteiger partial charge in [-0.2, -0.15) is 15.2 Å². The van der Waals surface area contributed by atoms with E-state index in [2.05, 4.69) is 10.2 Å². The minimum Gasteiger partial charge on any atom is -0.191 e. The zero-order chi connectivity index (χ0) is 10.8. The number of hydrogen-bond acceptors (Lipinski definition) is 3. The Morgan fingerprint density at radius 1 is 1.27 bits per heavy atom. The van der Waals surface area contributed by atoms with Crippen molar-refractivity contribution in [3.8, 4) is 11.8 Å². The van der Waals surface area contributed by atoms with E-state index in [0.717, 1.165) is 0 Å². The van der Waals surface area contributed by atoms with Crippen LogP contribution in [0.3, 0.4) is 0 Å². The van der Waals surface area contributed by atoms with E-state index in [-0.39, 0.29) is 5.69 Å². The highest BCUT2D eigenvalue weighted by atomic mass is 35.5. The van der Waals surface area contributed by atoms with Gasteiger partial charge in [0, 0.05) is 0 Å². The summed E-state index contributed by atoms with van der Waals surface area (Å²) in [6, 6.07) is 6.88. The van der Waals surface area contributed by atoms with Gasteiger partial charge in [-0.15, -0.1) is 5.10 Å². The van der Waals surface area contributed by atoms with Crippen molar-refractivity contribution >= 4 is 23.2 Å². The van der Waals surface area contributed by atoms with Gasteiger partial charge in [-0.25, -0.2) is 0 Å². The molecule has 6 heteroatoms. The quantitative estimate of drug-likeness (QED) is 0.767. The molecular weight excluding hydrogens is 235 g/mol. The largest absolute Gasteiger partial charge is 0.191 e. The molecule has 0 saturated heterocycles. The van der Waals surface area contributed by atoms with Crippen LogP contribution in [0.5, 0.6) is 0 Å². The summed E-state index contributed by atoms with van der Waals surface area (Å²) < 4.78 is 0. The normalized spacial score (nSPS) is 9.93. The van der Waals surface area contributed by atoms with Gasteiger partial charge in [0.15, 0.2) is 5.69 Å². The first-order valence-electron chi connectivity index (χ1n) is 3.98. The predicted octanol–water partition coefficient (Wildman–Crippen LogP) is 2.45. The Kier molecular flexibility index (Phi) is 2.58. The molecule has 0 bridgehead atoms. The van der Waals surface area contributed by atoms with Crippen molar-refractivity contribution in [2.45, 2.75) is 0 Å². The molecule has 0 aliphatic rings. The van der Waals surface area contributed by atoms with Crippen molar-refractivity contribution in [1.29, 1.82) is 5.26 Å². The van der Waals surface area contributed by atoms with Crippen LogP contribution in [0, 0.1) is 11.3 Å². The van der Waals surface area contributed by atoms with E-state index in [1.54, 1.807) is 18.2 Å². The number of halogens is 2. The van der Waals surface area contributed by atoms with Crippen LogP contribution in [-0.4, -0.2) is 15.0 Å². The summed E-state index contributed by atoms with van der Waals surface area (Å²) >= 11 is 11.6. The molecule has 4 nitrogen and oxygen atoms in total. The standard InChI is InChI=1S/C9H4Cl2N4/c10-8-2-1-7(3-9(8)11)15-13-5-6(4-12)14-15/h1-3,5H. The van der Waals surface area contributed by atoms with Gasteiger partial charge >= 0.3 is 0 Å². The fourth-order valence-corrected chi connectivity index (χ4v) is 1.34. The number of aromatic nitrogens is 3. The number of nitrogens with zero attached hydrogens (tertiary/aromatic N) is 4. The monoisotopic (exact) mass is 238 g/mol. The highest BCUT2D eigenvalue weighted by Crippen LogP contribution is 2.23. The molecular formula is C9H4Cl2N4. The summed E-state index contributed by atoms with van der Waals surface area (Å²) in [6.07, 6.45) is 1.38. The average molecular weight is 239 g/mol. The first kappa shape index (κ1) is 9.97. The third-order valence-electron chi connectivity index (χ3n) is 1.74. The second-order valence-electron chi connectivity index (χ2n) is 2.73. The smallest absolute Gasteiger partial charge is 0.183 e. The Balaban J connectivity index is 2.46. The third kappa shape index (κ3) is 1.94. The molecule has 0 spiro atoms. The Labute approximate surface area is 95.6 Å². The number of benzene rings is 1. The van der Waals surface area contributed by atoms with Crippen LogP contribution in [0.15, 0.2) is 24.4 Å². The van der Waals surface area contributed by atoms with Crippen molar-refractivity contribution in [3.05, 3.63) is 40.1 Å². The molecule has 1 heterocycles. The van der Waals surface area contributed by atoms with Crippen molar-refractivity contribution in [2.75, 3.05) is 0 Å². The predicted molar refractivity (Wildman–Crippen MR) is 56.1 cm³/mol. The average Bonchev–Trinajstić information content (AvgIpc) is 2.70. The first-order chi connectivity index (χ1) is 7.20. The molecule has 0 radical (unpaired) electrons. The van der Waals surface area contributed by atoms with Gasteiger partial charge in [-0.1, -0.05) is 23.2 Å². The molecule has 0 aliphatic heterocycles. The maximum absolute atomic E-state index is 8.58. The molecule has 2 aromatic rings. The SMILES string of the molecule is N#Cc1cnn(-c2ccc(Cl)c(Cl)c2)n1. The lowest BCUT2D eigenvalue weighted by Crippen LogP contribution is -1.98. The molecule has 1 aromatic carbocycles. The Morgan fingerprint density at radius 2 is 2.07 bits per heavy atom. The minimum atomic E-state index is 0.251. The highest BCUT2D eigenvalue weighted by Gasteiger charge is 2.04. The maximum atomic E-state index is 8.58. The number of hydrogen-bond donors (Lipinski definition) is 0.